The maximum absolute atomic E-state index is 14.1. The summed E-state index contributed by atoms with van der Waals surface area (Å²) in [5, 5.41) is 10.7. The molecule has 1 saturated heterocycles. The van der Waals surface area contributed by atoms with Gasteiger partial charge in [-0.25, -0.2) is 4.39 Å². The molecular formula is C20H24FNO. The average Bonchev–Trinajstić information content (AvgIpc) is 2.98. The zero-order valence-electron chi connectivity index (χ0n) is 13.8. The summed E-state index contributed by atoms with van der Waals surface area (Å²) in [5.74, 6) is -0.148. The number of halogens is 1. The Balaban J connectivity index is 1.79. The highest BCUT2D eigenvalue weighted by molar-refractivity contribution is 5.32. The van der Waals surface area contributed by atoms with E-state index in [9.17, 15) is 9.50 Å². The van der Waals surface area contributed by atoms with Gasteiger partial charge in [0.05, 0.1) is 6.10 Å². The van der Waals surface area contributed by atoms with E-state index in [-0.39, 0.29) is 11.9 Å². The Labute approximate surface area is 137 Å². The van der Waals surface area contributed by atoms with E-state index in [2.05, 4.69) is 11.0 Å². The Hall–Kier alpha value is -1.71. The number of aliphatic hydroxyl groups excluding tert-OH is 1. The quantitative estimate of drug-likeness (QED) is 0.909. The second-order valence-electron chi connectivity index (χ2n) is 6.55. The molecule has 2 aromatic rings. The van der Waals surface area contributed by atoms with E-state index in [1.807, 2.05) is 38.1 Å². The molecule has 0 spiro atoms. The molecule has 0 bridgehead atoms. The van der Waals surface area contributed by atoms with Gasteiger partial charge in [-0.2, -0.15) is 0 Å². The van der Waals surface area contributed by atoms with Crippen LogP contribution in [0.3, 0.4) is 0 Å². The Morgan fingerprint density at radius 1 is 1.22 bits per heavy atom. The van der Waals surface area contributed by atoms with Crippen LogP contribution in [0, 0.1) is 19.7 Å². The van der Waals surface area contributed by atoms with Crippen LogP contribution >= 0.6 is 0 Å². The van der Waals surface area contributed by atoms with Crippen LogP contribution in [0.2, 0.25) is 0 Å². The van der Waals surface area contributed by atoms with Crippen LogP contribution in [0.25, 0.3) is 0 Å². The number of benzene rings is 2. The number of aliphatic hydroxyl groups is 1. The minimum absolute atomic E-state index is 0.0657. The molecule has 0 saturated carbocycles. The fourth-order valence-corrected chi connectivity index (χ4v) is 3.58. The lowest BCUT2D eigenvalue weighted by molar-refractivity contribution is 0.105. The summed E-state index contributed by atoms with van der Waals surface area (Å²) in [6.45, 7) is 5.51. The summed E-state index contributed by atoms with van der Waals surface area (Å²) in [6, 6.07) is 13.2. The van der Waals surface area contributed by atoms with E-state index in [0.29, 0.717) is 6.54 Å². The Bertz CT molecular complexity index is 685. The summed E-state index contributed by atoms with van der Waals surface area (Å²) < 4.78 is 14.1. The maximum Gasteiger partial charge on any atom is 0.127 e. The Kier molecular flexibility index (Phi) is 4.79. The van der Waals surface area contributed by atoms with Gasteiger partial charge in [0.2, 0.25) is 0 Å². The van der Waals surface area contributed by atoms with Crippen molar-refractivity contribution in [3.05, 3.63) is 70.5 Å². The number of nitrogens with zero attached hydrogens (tertiary/aromatic N) is 1. The number of aryl methyl sites for hydroxylation is 2. The molecule has 2 nitrogen and oxygen atoms in total. The van der Waals surface area contributed by atoms with Crippen molar-refractivity contribution in [1.82, 2.24) is 4.90 Å². The van der Waals surface area contributed by atoms with Gasteiger partial charge in [0, 0.05) is 18.2 Å². The van der Waals surface area contributed by atoms with Gasteiger partial charge >= 0.3 is 0 Å². The second kappa shape index (κ2) is 6.81. The van der Waals surface area contributed by atoms with Crippen LogP contribution in [0.5, 0.6) is 0 Å². The van der Waals surface area contributed by atoms with Crippen LogP contribution in [-0.4, -0.2) is 23.1 Å². The van der Waals surface area contributed by atoms with Gasteiger partial charge in [-0.1, -0.05) is 42.0 Å². The molecule has 0 aromatic heterocycles. The zero-order chi connectivity index (χ0) is 16.4. The van der Waals surface area contributed by atoms with Crippen molar-refractivity contribution in [2.45, 2.75) is 38.8 Å². The molecule has 0 radical (unpaired) electrons. The largest absolute Gasteiger partial charge is 0.387 e. The van der Waals surface area contributed by atoms with Crippen LogP contribution in [0.4, 0.5) is 4.39 Å². The Morgan fingerprint density at radius 3 is 2.78 bits per heavy atom. The van der Waals surface area contributed by atoms with Gasteiger partial charge in [0.25, 0.3) is 0 Å². The normalized spacial score (nSPS) is 19.9. The molecule has 1 aliphatic rings. The summed E-state index contributed by atoms with van der Waals surface area (Å²) in [7, 11) is 0. The van der Waals surface area contributed by atoms with Crippen molar-refractivity contribution in [1.29, 1.82) is 0 Å². The van der Waals surface area contributed by atoms with Crippen LogP contribution in [0.15, 0.2) is 42.5 Å². The fourth-order valence-electron chi connectivity index (χ4n) is 3.58. The predicted molar refractivity (Wildman–Crippen MR) is 90.8 cm³/mol. The first-order valence-electron chi connectivity index (χ1n) is 8.30. The third-order valence-corrected chi connectivity index (χ3v) is 4.83. The molecular weight excluding hydrogens is 289 g/mol. The van der Waals surface area contributed by atoms with Crippen molar-refractivity contribution < 1.29 is 9.50 Å². The first kappa shape index (κ1) is 16.2. The lowest BCUT2D eigenvalue weighted by atomic mass is 9.99. The molecule has 122 valence electrons. The van der Waals surface area contributed by atoms with Crippen LogP contribution in [0.1, 0.15) is 47.2 Å². The highest BCUT2D eigenvalue weighted by Gasteiger charge is 2.29. The predicted octanol–water partition coefficient (Wildman–Crippen LogP) is 4.31. The summed E-state index contributed by atoms with van der Waals surface area (Å²) in [5.41, 5.74) is 3.98. The molecule has 3 heteroatoms. The van der Waals surface area contributed by atoms with Gasteiger partial charge in [0.1, 0.15) is 5.82 Å². The van der Waals surface area contributed by atoms with Crippen molar-refractivity contribution in [2.24, 2.45) is 0 Å². The smallest absolute Gasteiger partial charge is 0.127 e. The monoisotopic (exact) mass is 313 g/mol. The minimum atomic E-state index is -0.540. The fraction of sp³-hybridized carbons (Fsp3) is 0.400. The van der Waals surface area contributed by atoms with Crippen LogP contribution in [-0.2, 0) is 0 Å². The lowest BCUT2D eigenvalue weighted by Crippen LogP contribution is -2.29. The third-order valence-electron chi connectivity index (χ3n) is 4.83. The molecule has 2 atom stereocenters. The number of likely N-dealkylation sites (tertiary alicyclic amines) is 1. The first-order valence-corrected chi connectivity index (χ1v) is 8.30. The number of β-amino-alcohol motifs (C(OH)–C–C–N with tert-alkyl or cyclic N) is 1. The molecule has 1 N–H and O–H groups in total. The molecule has 2 unspecified atom stereocenters. The molecule has 1 aliphatic heterocycles. The van der Waals surface area contributed by atoms with Gasteiger partial charge in [-0.05, 0) is 50.4 Å². The van der Waals surface area contributed by atoms with Gasteiger partial charge in [-0.15, -0.1) is 0 Å². The summed E-state index contributed by atoms with van der Waals surface area (Å²) >= 11 is 0. The SMILES string of the molecule is Cc1ccc(C)c(C(O)CN2CCCC2c2ccccc2F)c1. The zero-order valence-corrected chi connectivity index (χ0v) is 13.8. The highest BCUT2D eigenvalue weighted by Crippen LogP contribution is 2.35. The minimum Gasteiger partial charge on any atom is -0.387 e. The van der Waals surface area contributed by atoms with E-state index in [4.69, 9.17) is 0 Å². The van der Waals surface area contributed by atoms with Crippen molar-refractivity contribution in [3.63, 3.8) is 0 Å². The average molecular weight is 313 g/mol. The van der Waals surface area contributed by atoms with Crippen molar-refractivity contribution in [2.75, 3.05) is 13.1 Å². The third kappa shape index (κ3) is 3.46. The molecule has 1 fully saturated rings. The number of hydrogen-bond donors (Lipinski definition) is 1. The van der Waals surface area contributed by atoms with Gasteiger partial charge in [-0.3, -0.25) is 4.90 Å². The maximum atomic E-state index is 14.1. The molecule has 3 rings (SSSR count). The lowest BCUT2D eigenvalue weighted by Gasteiger charge is -2.28. The standard InChI is InChI=1S/C20H24FNO/c1-14-9-10-15(2)17(12-14)20(23)13-22-11-5-8-19(22)16-6-3-4-7-18(16)21/h3-4,6-7,9-10,12,19-20,23H,5,8,11,13H2,1-2H3. The summed E-state index contributed by atoms with van der Waals surface area (Å²) in [6.07, 6.45) is 1.45. The van der Waals surface area contributed by atoms with Gasteiger partial charge < -0.3 is 5.11 Å². The topological polar surface area (TPSA) is 23.5 Å². The van der Waals surface area contributed by atoms with E-state index in [0.717, 1.165) is 41.6 Å². The Morgan fingerprint density at radius 2 is 2.00 bits per heavy atom. The molecule has 1 heterocycles. The van der Waals surface area contributed by atoms with Gasteiger partial charge in [0.15, 0.2) is 0 Å². The molecule has 2 aromatic carbocycles. The van der Waals surface area contributed by atoms with Crippen molar-refractivity contribution in [3.8, 4) is 0 Å². The van der Waals surface area contributed by atoms with E-state index in [1.54, 1.807) is 6.07 Å². The molecule has 23 heavy (non-hydrogen) atoms. The molecule has 0 aliphatic carbocycles. The number of hydrogen-bond acceptors (Lipinski definition) is 2. The summed E-state index contributed by atoms with van der Waals surface area (Å²) in [4.78, 5) is 2.21. The highest BCUT2D eigenvalue weighted by atomic mass is 19.1. The number of rotatable bonds is 4. The van der Waals surface area contributed by atoms with E-state index in [1.165, 1.54) is 6.07 Å². The van der Waals surface area contributed by atoms with Crippen molar-refractivity contribution >= 4 is 0 Å². The van der Waals surface area contributed by atoms with E-state index < -0.39 is 6.10 Å². The second-order valence-corrected chi connectivity index (χ2v) is 6.55. The van der Waals surface area contributed by atoms with E-state index >= 15 is 0 Å². The van der Waals surface area contributed by atoms with Crippen LogP contribution < -0.4 is 0 Å². The molecule has 0 amide bonds. The first-order chi connectivity index (χ1) is 11.1.